The third-order valence-electron chi connectivity index (χ3n) is 4.36. The Balaban J connectivity index is 0.00000243. The van der Waals surface area contributed by atoms with Crippen LogP contribution in [0.1, 0.15) is 36.7 Å². The lowest BCUT2D eigenvalue weighted by molar-refractivity contribution is 0.0922. The Bertz CT molecular complexity index is 874. The number of fused-ring (bicyclic) bond motifs is 1. The average molecular weight is 375 g/mol. The van der Waals surface area contributed by atoms with Gasteiger partial charge in [0.15, 0.2) is 0 Å². The third kappa shape index (κ3) is 4.37. The van der Waals surface area contributed by atoms with E-state index in [1.165, 1.54) is 5.56 Å². The van der Waals surface area contributed by atoms with Gasteiger partial charge < -0.3 is 14.4 Å². The molecular weight excluding hydrogens is 348 g/mol. The highest BCUT2D eigenvalue weighted by molar-refractivity contribution is 5.85. The van der Waals surface area contributed by atoms with E-state index in [-0.39, 0.29) is 19.0 Å². The molecule has 1 aromatic heterocycles. The summed E-state index contributed by atoms with van der Waals surface area (Å²) in [5.74, 6) is 2.11. The molecule has 5 heteroatoms. The molecule has 3 aromatic rings. The highest BCUT2D eigenvalue weighted by atomic mass is 35.5. The number of aryl methyl sites for hydroxylation is 2. The van der Waals surface area contributed by atoms with Crippen molar-refractivity contribution in [2.45, 2.75) is 46.3 Å². The maximum absolute atomic E-state index is 10.5. The van der Waals surface area contributed by atoms with Gasteiger partial charge in [-0.25, -0.2) is 4.98 Å². The normalized spacial score (nSPS) is 12.2. The van der Waals surface area contributed by atoms with E-state index in [0.717, 1.165) is 28.2 Å². The molecule has 4 nitrogen and oxygen atoms in total. The van der Waals surface area contributed by atoms with Crippen LogP contribution in [0.15, 0.2) is 42.5 Å². The number of nitrogens with zero attached hydrogens (tertiary/aromatic N) is 2. The lowest BCUT2D eigenvalue weighted by atomic mass is 10.1. The van der Waals surface area contributed by atoms with Crippen LogP contribution >= 0.6 is 12.4 Å². The van der Waals surface area contributed by atoms with Gasteiger partial charge in [0, 0.05) is 5.92 Å². The number of imidazole rings is 1. The topological polar surface area (TPSA) is 47.3 Å². The van der Waals surface area contributed by atoms with Crippen LogP contribution in [0.2, 0.25) is 0 Å². The van der Waals surface area contributed by atoms with Crippen molar-refractivity contribution >= 4 is 23.4 Å². The summed E-state index contributed by atoms with van der Waals surface area (Å²) in [5.41, 5.74) is 4.31. The van der Waals surface area contributed by atoms with Gasteiger partial charge in [0.25, 0.3) is 0 Å². The summed E-state index contributed by atoms with van der Waals surface area (Å²) < 4.78 is 7.94. The van der Waals surface area contributed by atoms with Crippen LogP contribution in [0.25, 0.3) is 11.0 Å². The first-order chi connectivity index (χ1) is 12.0. The fraction of sp³-hybridized carbons (Fsp3) is 0.381. The van der Waals surface area contributed by atoms with Crippen molar-refractivity contribution in [3.05, 3.63) is 59.4 Å². The quantitative estimate of drug-likeness (QED) is 0.683. The van der Waals surface area contributed by atoms with Gasteiger partial charge in [-0.3, -0.25) is 0 Å². The van der Waals surface area contributed by atoms with Gasteiger partial charge in [-0.05, 0) is 37.6 Å². The first-order valence-electron chi connectivity index (χ1n) is 8.79. The Hall–Kier alpha value is -2.04. The predicted molar refractivity (Wildman–Crippen MR) is 108 cm³/mol. The lowest BCUT2D eigenvalue weighted by Gasteiger charge is -2.17. The van der Waals surface area contributed by atoms with E-state index in [1.54, 1.807) is 0 Å². The molecule has 0 amide bonds. The van der Waals surface area contributed by atoms with Gasteiger partial charge in [0.1, 0.15) is 24.3 Å². The predicted octanol–water partition coefficient (Wildman–Crippen LogP) is 4.64. The van der Waals surface area contributed by atoms with E-state index in [0.29, 0.717) is 12.5 Å². The van der Waals surface area contributed by atoms with E-state index < -0.39 is 6.10 Å². The van der Waals surface area contributed by atoms with Crippen molar-refractivity contribution in [3.63, 3.8) is 0 Å². The number of rotatable bonds is 6. The van der Waals surface area contributed by atoms with Crippen LogP contribution in [-0.4, -0.2) is 27.4 Å². The smallest absolute Gasteiger partial charge is 0.122 e. The number of halogens is 1. The Kier molecular flexibility index (Phi) is 6.68. The van der Waals surface area contributed by atoms with Gasteiger partial charge in [-0.2, -0.15) is 0 Å². The summed E-state index contributed by atoms with van der Waals surface area (Å²) >= 11 is 0. The first kappa shape index (κ1) is 20.3. The van der Waals surface area contributed by atoms with Crippen molar-refractivity contribution < 1.29 is 9.84 Å². The number of ether oxygens (including phenoxy) is 1. The molecule has 26 heavy (non-hydrogen) atoms. The van der Waals surface area contributed by atoms with E-state index >= 15 is 0 Å². The van der Waals surface area contributed by atoms with Crippen molar-refractivity contribution in [1.29, 1.82) is 0 Å². The third-order valence-corrected chi connectivity index (χ3v) is 4.36. The highest BCUT2D eigenvalue weighted by Crippen LogP contribution is 2.23. The number of aromatic nitrogens is 2. The van der Waals surface area contributed by atoms with Gasteiger partial charge in [0.2, 0.25) is 0 Å². The summed E-state index contributed by atoms with van der Waals surface area (Å²) in [5, 5.41) is 10.5. The zero-order valence-electron chi connectivity index (χ0n) is 15.8. The Labute approximate surface area is 161 Å². The maximum Gasteiger partial charge on any atom is 0.122 e. The monoisotopic (exact) mass is 374 g/mol. The van der Waals surface area contributed by atoms with Crippen molar-refractivity contribution in [3.8, 4) is 5.75 Å². The van der Waals surface area contributed by atoms with Crippen LogP contribution in [0.5, 0.6) is 5.75 Å². The summed E-state index contributed by atoms with van der Waals surface area (Å²) in [6.45, 7) is 9.05. The molecule has 1 unspecified atom stereocenters. The number of aliphatic hydroxyl groups excluding tert-OH is 1. The van der Waals surface area contributed by atoms with Gasteiger partial charge in [0.05, 0.1) is 17.6 Å². The molecule has 0 saturated carbocycles. The molecule has 0 saturated heterocycles. The van der Waals surface area contributed by atoms with E-state index in [1.807, 2.05) is 43.3 Å². The van der Waals surface area contributed by atoms with Crippen LogP contribution in [-0.2, 0) is 6.54 Å². The summed E-state index contributed by atoms with van der Waals surface area (Å²) in [7, 11) is 0. The Morgan fingerprint density at radius 2 is 1.85 bits per heavy atom. The minimum atomic E-state index is -0.601. The molecule has 0 aliphatic rings. The molecule has 0 bridgehead atoms. The molecule has 1 heterocycles. The maximum atomic E-state index is 10.5. The number of hydrogen-bond acceptors (Lipinski definition) is 3. The summed E-state index contributed by atoms with van der Waals surface area (Å²) in [6, 6.07) is 14.1. The van der Waals surface area contributed by atoms with Crippen molar-refractivity contribution in [2.24, 2.45) is 0 Å². The van der Waals surface area contributed by atoms with Crippen LogP contribution in [0, 0.1) is 13.8 Å². The number of para-hydroxylation sites is 2. The second-order valence-electron chi connectivity index (χ2n) is 6.96. The summed E-state index contributed by atoms with van der Waals surface area (Å²) in [4.78, 5) is 4.72. The van der Waals surface area contributed by atoms with Crippen LogP contribution in [0.3, 0.4) is 0 Å². The number of benzene rings is 2. The molecule has 3 rings (SSSR count). The Morgan fingerprint density at radius 3 is 2.54 bits per heavy atom. The summed E-state index contributed by atoms with van der Waals surface area (Å²) in [6.07, 6.45) is -0.601. The Morgan fingerprint density at radius 1 is 1.12 bits per heavy atom. The molecular formula is C21H27ClN2O2. The van der Waals surface area contributed by atoms with Crippen LogP contribution < -0.4 is 4.74 Å². The minimum Gasteiger partial charge on any atom is -0.491 e. The van der Waals surface area contributed by atoms with E-state index in [9.17, 15) is 5.11 Å². The van der Waals surface area contributed by atoms with E-state index in [2.05, 4.69) is 31.4 Å². The fourth-order valence-electron chi connectivity index (χ4n) is 3.14. The standard InChI is InChI=1S/C21H26N2O2.ClH/c1-14(2)21-22-18-7-5-6-8-19(18)23(21)12-17(24)13-25-20-10-9-15(3)11-16(20)4;/h5-11,14,17,24H,12-13H2,1-4H3;1H. The number of hydrogen-bond donors (Lipinski definition) is 1. The SMILES string of the molecule is Cc1ccc(OCC(O)Cn2c(C(C)C)nc3ccccc32)c(C)c1.Cl. The first-order valence-corrected chi connectivity index (χ1v) is 8.79. The minimum absolute atomic E-state index is 0. The van der Waals surface area contributed by atoms with E-state index in [4.69, 9.17) is 9.72 Å². The second-order valence-corrected chi connectivity index (χ2v) is 6.96. The fourth-order valence-corrected chi connectivity index (χ4v) is 3.14. The van der Waals surface area contributed by atoms with Gasteiger partial charge in [-0.15, -0.1) is 12.4 Å². The number of aliphatic hydroxyl groups is 1. The van der Waals surface area contributed by atoms with Crippen LogP contribution in [0.4, 0.5) is 0 Å². The molecule has 0 aliphatic heterocycles. The molecule has 0 fully saturated rings. The molecule has 1 N–H and O–H groups in total. The lowest BCUT2D eigenvalue weighted by Crippen LogP contribution is -2.25. The zero-order chi connectivity index (χ0) is 18.0. The molecule has 0 aliphatic carbocycles. The highest BCUT2D eigenvalue weighted by Gasteiger charge is 2.17. The van der Waals surface area contributed by atoms with Gasteiger partial charge in [-0.1, -0.05) is 43.7 Å². The zero-order valence-corrected chi connectivity index (χ0v) is 16.6. The van der Waals surface area contributed by atoms with Crippen molar-refractivity contribution in [2.75, 3.05) is 6.61 Å². The molecule has 140 valence electrons. The second kappa shape index (κ2) is 8.56. The van der Waals surface area contributed by atoms with Crippen molar-refractivity contribution in [1.82, 2.24) is 9.55 Å². The molecule has 1 atom stereocenters. The average Bonchev–Trinajstić information content (AvgIpc) is 2.93. The molecule has 2 aromatic carbocycles. The molecule has 0 spiro atoms. The van der Waals surface area contributed by atoms with Gasteiger partial charge >= 0.3 is 0 Å². The molecule has 0 radical (unpaired) electrons. The largest absolute Gasteiger partial charge is 0.491 e.